The number of hydrogen-bond acceptors (Lipinski definition) is 3. The van der Waals surface area contributed by atoms with Crippen LogP contribution in [0.5, 0.6) is 0 Å². The minimum absolute atomic E-state index is 0. The molecule has 2 nitrogen and oxygen atoms in total. The van der Waals surface area contributed by atoms with E-state index in [1.165, 1.54) is 11.4 Å². The fourth-order valence-corrected chi connectivity index (χ4v) is 4.41. The van der Waals surface area contributed by atoms with Gasteiger partial charge in [0.15, 0.2) is 0 Å². The average molecular weight is 388 g/mol. The van der Waals surface area contributed by atoms with Crippen molar-refractivity contribution in [2.45, 2.75) is 40.5 Å². The van der Waals surface area contributed by atoms with Crippen LogP contribution in [0.2, 0.25) is 0 Å². The summed E-state index contributed by atoms with van der Waals surface area (Å²) in [6, 6.07) is 0. The molecule has 6 heteroatoms. The maximum atomic E-state index is 9.81. The van der Waals surface area contributed by atoms with E-state index in [1.807, 2.05) is 0 Å². The topological polar surface area (TPSA) is 29.5 Å². The second kappa shape index (κ2) is 10.7. The van der Waals surface area contributed by atoms with Gasteiger partial charge in [0.25, 0.3) is 0 Å². The van der Waals surface area contributed by atoms with Crippen LogP contribution in [0.25, 0.3) is 0 Å². The Morgan fingerprint density at radius 3 is 2.12 bits per heavy atom. The van der Waals surface area contributed by atoms with Crippen LogP contribution in [0, 0.1) is 11.8 Å². The summed E-state index contributed by atoms with van der Waals surface area (Å²) < 4.78 is 5.37. The Morgan fingerprint density at radius 1 is 1.19 bits per heavy atom. The molecular weight excluding hydrogens is 362 g/mol. The zero-order valence-corrected chi connectivity index (χ0v) is 12.6. The van der Waals surface area contributed by atoms with Crippen molar-refractivity contribution in [2.24, 2.45) is 11.8 Å². The van der Waals surface area contributed by atoms with Crippen LogP contribution < -0.4 is 0 Å². The van der Waals surface area contributed by atoms with E-state index in [0.29, 0.717) is 18.4 Å². The summed E-state index contributed by atoms with van der Waals surface area (Å²) in [5, 5.41) is 0. The summed E-state index contributed by atoms with van der Waals surface area (Å²) >= 11 is 6.47. The van der Waals surface area contributed by atoms with Gasteiger partial charge >= 0.3 is 25.8 Å². The van der Waals surface area contributed by atoms with Gasteiger partial charge in [0, 0.05) is 5.75 Å². The quantitative estimate of drug-likeness (QED) is 0.648. The summed E-state index contributed by atoms with van der Waals surface area (Å²) in [5.41, 5.74) is -2.55. The van der Waals surface area contributed by atoms with Crippen LogP contribution in [-0.4, -0.2) is 43.1 Å². The molecule has 0 aliphatic heterocycles. The van der Waals surface area contributed by atoms with Gasteiger partial charge in [-0.15, -0.1) is 0 Å². The Bertz CT molecular complexity index is 195. The molecular formula is C10H26InO2PS2. The first-order chi connectivity index (χ1) is 6.83. The van der Waals surface area contributed by atoms with Gasteiger partial charge < -0.3 is 9.42 Å². The standard InChI is InChI=1S/C10H23O2PS2.In.3H/c1-9(2)5-7-12-13(11,14)15-8-6-10(3)4;;;;/h9-10H,5-8H2,1-4H3,(H,11,14);;;;. The molecule has 0 bridgehead atoms. The van der Waals surface area contributed by atoms with E-state index in [1.54, 1.807) is 0 Å². The molecule has 1 N–H and O–H groups in total. The molecule has 0 aromatic rings. The van der Waals surface area contributed by atoms with Gasteiger partial charge in [0.2, 0.25) is 5.69 Å². The van der Waals surface area contributed by atoms with Crippen molar-refractivity contribution in [2.75, 3.05) is 12.4 Å². The third-order valence-corrected chi connectivity index (χ3v) is 6.26. The van der Waals surface area contributed by atoms with Gasteiger partial charge in [0.05, 0.1) is 6.61 Å². The number of rotatable bonds is 8. The van der Waals surface area contributed by atoms with Gasteiger partial charge in [-0.1, -0.05) is 39.1 Å². The van der Waals surface area contributed by atoms with Crippen molar-refractivity contribution >= 4 is 54.7 Å². The van der Waals surface area contributed by atoms with E-state index < -0.39 is 5.69 Å². The first kappa shape index (κ1) is 20.1. The van der Waals surface area contributed by atoms with Crippen LogP contribution in [0.1, 0.15) is 40.5 Å². The molecule has 0 aromatic carbocycles. The van der Waals surface area contributed by atoms with Crippen molar-refractivity contribution in [1.29, 1.82) is 0 Å². The van der Waals surface area contributed by atoms with E-state index in [-0.39, 0.29) is 25.8 Å². The van der Waals surface area contributed by atoms with Crippen molar-refractivity contribution in [1.82, 2.24) is 0 Å². The average Bonchev–Trinajstić information content (AvgIpc) is 2.01. The van der Waals surface area contributed by atoms with E-state index >= 15 is 0 Å². The van der Waals surface area contributed by atoms with Crippen LogP contribution in [0.4, 0.5) is 0 Å². The van der Waals surface area contributed by atoms with Crippen molar-refractivity contribution < 1.29 is 9.42 Å². The van der Waals surface area contributed by atoms with Gasteiger partial charge in [-0.2, -0.15) is 0 Å². The van der Waals surface area contributed by atoms with Crippen LogP contribution in [0.15, 0.2) is 0 Å². The molecule has 0 aliphatic rings. The van der Waals surface area contributed by atoms with Gasteiger partial charge in [0.1, 0.15) is 0 Å². The third-order valence-electron chi connectivity index (χ3n) is 1.90. The van der Waals surface area contributed by atoms with Crippen molar-refractivity contribution in [3.8, 4) is 0 Å². The van der Waals surface area contributed by atoms with Gasteiger partial charge in [-0.25, -0.2) is 0 Å². The molecule has 0 saturated carbocycles. The number of hydrogen-bond donors (Lipinski definition) is 1. The normalized spacial score (nSPS) is 14.9. The second-order valence-electron chi connectivity index (χ2n) is 4.50. The Morgan fingerprint density at radius 2 is 1.69 bits per heavy atom. The van der Waals surface area contributed by atoms with Crippen molar-refractivity contribution in [3.63, 3.8) is 0 Å². The molecule has 0 spiro atoms. The molecule has 0 rings (SSSR count). The predicted molar refractivity (Wildman–Crippen MR) is 83.8 cm³/mol. The van der Waals surface area contributed by atoms with Crippen LogP contribution in [0.3, 0.4) is 0 Å². The molecule has 0 radical (unpaired) electrons. The summed E-state index contributed by atoms with van der Waals surface area (Å²) in [6.07, 6.45) is 2.04. The summed E-state index contributed by atoms with van der Waals surface area (Å²) in [7, 11) is 0. The Kier molecular flexibility index (Phi) is 13.4. The molecule has 98 valence electrons. The van der Waals surface area contributed by atoms with Crippen LogP contribution >= 0.6 is 17.1 Å². The van der Waals surface area contributed by atoms with E-state index in [2.05, 4.69) is 27.7 Å². The zero-order valence-electron chi connectivity index (χ0n) is 10.1. The minimum atomic E-state index is -2.55. The molecule has 1 atom stereocenters. The van der Waals surface area contributed by atoms with Gasteiger partial charge in [-0.3, -0.25) is 0 Å². The van der Waals surface area contributed by atoms with Gasteiger partial charge in [-0.05, 0) is 36.5 Å². The molecule has 1 unspecified atom stereocenters. The Hall–Kier alpha value is 1.79. The van der Waals surface area contributed by atoms with Crippen molar-refractivity contribution in [3.05, 3.63) is 0 Å². The second-order valence-corrected chi connectivity index (χ2v) is 10.8. The maximum absolute atomic E-state index is 9.81. The molecule has 16 heavy (non-hydrogen) atoms. The SMILES string of the molecule is CC(C)CCOP(O)(=S)SCCC(C)C.[InH3]. The summed E-state index contributed by atoms with van der Waals surface area (Å²) in [5.74, 6) is 2.15. The molecule has 0 amide bonds. The van der Waals surface area contributed by atoms with Crippen LogP contribution in [-0.2, 0) is 16.3 Å². The molecule has 0 aliphatic carbocycles. The van der Waals surface area contributed by atoms with E-state index in [0.717, 1.165) is 18.6 Å². The Labute approximate surface area is 128 Å². The molecule has 0 fully saturated rings. The molecule has 0 saturated heterocycles. The Balaban J connectivity index is 0. The monoisotopic (exact) mass is 388 g/mol. The molecule has 0 aromatic heterocycles. The molecule has 0 heterocycles. The summed E-state index contributed by atoms with van der Waals surface area (Å²) in [4.78, 5) is 9.81. The zero-order chi connectivity index (χ0) is 11.9. The summed E-state index contributed by atoms with van der Waals surface area (Å²) in [6.45, 7) is 9.19. The van der Waals surface area contributed by atoms with E-state index in [4.69, 9.17) is 16.3 Å². The fourth-order valence-electron chi connectivity index (χ4n) is 0.845. The fraction of sp³-hybridized carbons (Fsp3) is 1.00. The first-order valence-corrected chi connectivity index (χ1v) is 9.71. The third kappa shape index (κ3) is 13.9. The first-order valence-electron chi connectivity index (χ1n) is 5.45. The van der Waals surface area contributed by atoms with E-state index in [9.17, 15) is 4.89 Å². The predicted octanol–water partition coefficient (Wildman–Crippen LogP) is 2.86.